The number of amides is 1. The third-order valence-electron chi connectivity index (χ3n) is 6.28. The molecule has 0 saturated heterocycles. The van der Waals surface area contributed by atoms with E-state index in [9.17, 15) is 4.79 Å². The number of para-hydroxylation sites is 1. The zero-order valence-corrected chi connectivity index (χ0v) is 23.2. The highest BCUT2D eigenvalue weighted by Gasteiger charge is 2.18. The fourth-order valence-electron chi connectivity index (χ4n) is 4.26. The van der Waals surface area contributed by atoms with E-state index >= 15 is 0 Å². The maximum Gasteiger partial charge on any atom is 0.227 e. The molecule has 0 saturated carbocycles. The SMILES string of the molecule is COc1cc(N(C)CCN(C)C)c(NC(=O)CCCl)cc1Nc1nccc(-c2cn(C)c3ccccc23)n1. The van der Waals surface area contributed by atoms with Crippen molar-refractivity contribution in [2.24, 2.45) is 7.05 Å². The van der Waals surface area contributed by atoms with Crippen LogP contribution in [0.15, 0.2) is 54.9 Å². The first-order valence-electron chi connectivity index (χ1n) is 12.4. The number of methoxy groups -OCH3 is 1. The maximum atomic E-state index is 12.5. The first-order valence-corrected chi connectivity index (χ1v) is 12.9. The van der Waals surface area contributed by atoms with E-state index in [2.05, 4.69) is 48.3 Å². The molecule has 0 radical (unpaired) electrons. The van der Waals surface area contributed by atoms with Crippen LogP contribution >= 0.6 is 11.6 Å². The van der Waals surface area contributed by atoms with Gasteiger partial charge in [0.25, 0.3) is 0 Å². The van der Waals surface area contributed by atoms with Crippen LogP contribution in [0, 0.1) is 0 Å². The number of halogens is 1. The Hall–Kier alpha value is -3.82. The van der Waals surface area contributed by atoms with Crippen molar-refractivity contribution in [3.63, 3.8) is 0 Å². The normalized spacial score (nSPS) is 11.1. The predicted molar refractivity (Wildman–Crippen MR) is 156 cm³/mol. The number of benzene rings is 2. The van der Waals surface area contributed by atoms with Crippen molar-refractivity contribution in [1.82, 2.24) is 19.4 Å². The second-order valence-electron chi connectivity index (χ2n) is 9.34. The number of alkyl halides is 1. The van der Waals surface area contributed by atoms with Crippen molar-refractivity contribution in [2.45, 2.75) is 6.42 Å². The van der Waals surface area contributed by atoms with E-state index in [1.807, 2.05) is 58.5 Å². The summed E-state index contributed by atoms with van der Waals surface area (Å²) in [6, 6.07) is 13.9. The Balaban J connectivity index is 1.70. The van der Waals surface area contributed by atoms with Crippen molar-refractivity contribution < 1.29 is 9.53 Å². The van der Waals surface area contributed by atoms with Crippen LogP contribution in [0.2, 0.25) is 0 Å². The smallest absolute Gasteiger partial charge is 0.227 e. The molecule has 200 valence electrons. The van der Waals surface area contributed by atoms with Crippen LogP contribution in [0.5, 0.6) is 5.75 Å². The van der Waals surface area contributed by atoms with E-state index < -0.39 is 0 Å². The largest absolute Gasteiger partial charge is 0.494 e. The van der Waals surface area contributed by atoms with Gasteiger partial charge in [-0.25, -0.2) is 9.97 Å². The van der Waals surface area contributed by atoms with E-state index in [1.54, 1.807) is 13.3 Å². The summed E-state index contributed by atoms with van der Waals surface area (Å²) in [5.74, 6) is 1.10. The van der Waals surface area contributed by atoms with Gasteiger partial charge in [0.05, 0.1) is 29.9 Å². The van der Waals surface area contributed by atoms with Gasteiger partial charge < -0.3 is 29.7 Å². The minimum Gasteiger partial charge on any atom is -0.494 e. The topological polar surface area (TPSA) is 87.5 Å². The zero-order chi connectivity index (χ0) is 27.2. The number of hydrogen-bond acceptors (Lipinski definition) is 7. The lowest BCUT2D eigenvalue weighted by Gasteiger charge is -2.26. The molecule has 2 aromatic heterocycles. The Morgan fingerprint density at radius 2 is 1.89 bits per heavy atom. The number of anilines is 4. The van der Waals surface area contributed by atoms with Crippen LogP contribution in [-0.2, 0) is 11.8 Å². The van der Waals surface area contributed by atoms with Gasteiger partial charge >= 0.3 is 0 Å². The number of nitrogens with zero attached hydrogens (tertiary/aromatic N) is 5. The number of ether oxygens (including phenoxy) is 1. The average Bonchev–Trinajstić information content (AvgIpc) is 3.24. The molecule has 0 aliphatic heterocycles. The maximum absolute atomic E-state index is 12.5. The molecule has 0 fully saturated rings. The van der Waals surface area contributed by atoms with E-state index in [0.29, 0.717) is 23.1 Å². The van der Waals surface area contributed by atoms with Gasteiger partial charge in [-0.3, -0.25) is 4.79 Å². The number of carbonyl (C=O) groups is 1. The molecule has 9 nitrogen and oxygen atoms in total. The summed E-state index contributed by atoms with van der Waals surface area (Å²) in [5, 5.41) is 7.41. The minimum atomic E-state index is -0.160. The predicted octanol–water partition coefficient (Wildman–Crippen LogP) is 4.95. The molecule has 2 N–H and O–H groups in total. The number of aryl methyl sites for hydroxylation is 1. The van der Waals surface area contributed by atoms with Gasteiger partial charge in [0, 0.05) is 74.4 Å². The molecule has 0 aliphatic carbocycles. The molecule has 0 aliphatic rings. The Labute approximate surface area is 228 Å². The summed E-state index contributed by atoms with van der Waals surface area (Å²) in [7, 11) is 9.67. The quantitative estimate of drug-likeness (QED) is 0.263. The summed E-state index contributed by atoms with van der Waals surface area (Å²) in [6.07, 6.45) is 4.01. The molecule has 0 spiro atoms. The summed E-state index contributed by atoms with van der Waals surface area (Å²) >= 11 is 5.81. The molecular weight excluding hydrogens is 502 g/mol. The average molecular weight is 536 g/mol. The Morgan fingerprint density at radius 3 is 2.63 bits per heavy atom. The van der Waals surface area contributed by atoms with Gasteiger partial charge in [-0.2, -0.15) is 0 Å². The van der Waals surface area contributed by atoms with Crippen molar-refractivity contribution >= 4 is 51.4 Å². The molecule has 0 unspecified atom stereocenters. The lowest BCUT2D eigenvalue weighted by atomic mass is 10.1. The highest BCUT2D eigenvalue weighted by molar-refractivity contribution is 6.19. The zero-order valence-electron chi connectivity index (χ0n) is 22.5. The number of hydrogen-bond donors (Lipinski definition) is 2. The van der Waals surface area contributed by atoms with Crippen LogP contribution in [0.1, 0.15) is 6.42 Å². The Kier molecular flexibility index (Phi) is 8.70. The molecule has 2 aromatic carbocycles. The molecule has 10 heteroatoms. The van der Waals surface area contributed by atoms with Crippen molar-refractivity contribution in [2.75, 3.05) is 62.8 Å². The number of nitrogens with one attached hydrogen (secondary N) is 2. The second kappa shape index (κ2) is 12.1. The summed E-state index contributed by atoms with van der Waals surface area (Å²) < 4.78 is 7.81. The van der Waals surface area contributed by atoms with Crippen molar-refractivity contribution in [3.05, 3.63) is 54.9 Å². The summed E-state index contributed by atoms with van der Waals surface area (Å²) in [4.78, 5) is 25.9. The standard InChI is InChI=1S/C28H34ClN7O2/c1-34(2)14-15-35(3)25-17-26(38-5)23(16-22(25)31-27(37)10-12-29)33-28-30-13-11-21(32-28)20-18-36(4)24-9-7-6-8-19(20)24/h6-9,11,13,16-18H,10,12,14-15H2,1-5H3,(H,31,37)(H,30,32,33). The van der Waals surface area contributed by atoms with Gasteiger partial charge in [0.2, 0.25) is 11.9 Å². The molecule has 4 rings (SSSR count). The third kappa shape index (κ3) is 6.17. The highest BCUT2D eigenvalue weighted by atomic mass is 35.5. The van der Waals surface area contributed by atoms with Crippen LogP contribution < -0.4 is 20.3 Å². The Bertz CT molecular complexity index is 1420. The van der Waals surface area contributed by atoms with E-state index in [0.717, 1.165) is 40.9 Å². The number of rotatable bonds is 11. The van der Waals surface area contributed by atoms with E-state index in [4.69, 9.17) is 21.3 Å². The minimum absolute atomic E-state index is 0.160. The van der Waals surface area contributed by atoms with Gasteiger partial charge in [-0.05, 0) is 32.3 Å². The lowest BCUT2D eigenvalue weighted by molar-refractivity contribution is -0.115. The number of fused-ring (bicyclic) bond motifs is 1. The highest BCUT2D eigenvalue weighted by Crippen LogP contribution is 2.38. The van der Waals surface area contributed by atoms with Crippen LogP contribution in [0.3, 0.4) is 0 Å². The second-order valence-corrected chi connectivity index (χ2v) is 9.72. The fraction of sp³-hybridized carbons (Fsp3) is 0.321. The molecule has 38 heavy (non-hydrogen) atoms. The summed E-state index contributed by atoms with van der Waals surface area (Å²) in [5.41, 5.74) is 5.07. The molecule has 0 bridgehead atoms. The molecule has 1 amide bonds. The monoisotopic (exact) mass is 535 g/mol. The van der Waals surface area contributed by atoms with Crippen molar-refractivity contribution in [3.8, 4) is 17.0 Å². The van der Waals surface area contributed by atoms with Gasteiger partial charge in [0.15, 0.2) is 0 Å². The first-order chi connectivity index (χ1) is 18.3. The first kappa shape index (κ1) is 27.2. The number of aromatic nitrogens is 3. The molecule has 4 aromatic rings. The van der Waals surface area contributed by atoms with Gasteiger partial charge in [-0.15, -0.1) is 11.6 Å². The third-order valence-corrected chi connectivity index (χ3v) is 6.47. The van der Waals surface area contributed by atoms with Crippen molar-refractivity contribution in [1.29, 1.82) is 0 Å². The number of likely N-dealkylation sites (N-methyl/N-ethyl adjacent to an activating group) is 2. The summed E-state index contributed by atoms with van der Waals surface area (Å²) in [6.45, 7) is 1.61. The number of carbonyl (C=O) groups excluding carboxylic acids is 1. The molecular formula is C28H34ClN7O2. The van der Waals surface area contributed by atoms with Crippen LogP contribution in [0.25, 0.3) is 22.2 Å². The van der Waals surface area contributed by atoms with E-state index in [-0.39, 0.29) is 18.2 Å². The van der Waals surface area contributed by atoms with Crippen LogP contribution in [-0.4, -0.2) is 72.6 Å². The van der Waals surface area contributed by atoms with Gasteiger partial charge in [0.1, 0.15) is 5.75 Å². The fourth-order valence-corrected chi connectivity index (χ4v) is 4.43. The lowest BCUT2D eigenvalue weighted by Crippen LogP contribution is -2.29. The van der Waals surface area contributed by atoms with Gasteiger partial charge in [-0.1, -0.05) is 18.2 Å². The van der Waals surface area contributed by atoms with E-state index in [1.165, 1.54) is 0 Å². The van der Waals surface area contributed by atoms with Crippen LogP contribution in [0.4, 0.5) is 23.0 Å². The Morgan fingerprint density at radius 1 is 1.11 bits per heavy atom. The molecule has 0 atom stereocenters. The molecule has 2 heterocycles.